The minimum Gasteiger partial charge on any atom is -0.544 e. The fourth-order valence-electron chi connectivity index (χ4n) is 4.48. The van der Waals surface area contributed by atoms with E-state index < -0.39 is 17.5 Å². The van der Waals surface area contributed by atoms with Gasteiger partial charge in [0.05, 0.1) is 19.6 Å². The SMILES string of the molecule is C[N@+]1(CC(=O)[O-])CC[C@H](OC(=O)C(O)(c2ccccc2)C2CCCC2)C1. The average Bonchev–Trinajstić information content (AvgIpc) is 3.25. The number of hydrogen-bond donors (Lipinski definition) is 1. The van der Waals surface area contributed by atoms with Crippen molar-refractivity contribution in [2.24, 2.45) is 5.92 Å². The van der Waals surface area contributed by atoms with Crippen molar-refractivity contribution >= 4 is 11.9 Å². The molecule has 1 aliphatic carbocycles. The fraction of sp³-hybridized carbons (Fsp3) is 0.600. The minimum atomic E-state index is -1.64. The second-order valence-electron chi connectivity index (χ2n) is 7.99. The van der Waals surface area contributed by atoms with Gasteiger partial charge in [-0.25, -0.2) is 4.79 Å². The largest absolute Gasteiger partial charge is 0.544 e. The van der Waals surface area contributed by atoms with Gasteiger partial charge in [0, 0.05) is 12.3 Å². The number of carbonyl (C=O) groups excluding carboxylic acids is 2. The van der Waals surface area contributed by atoms with E-state index >= 15 is 0 Å². The number of esters is 1. The lowest BCUT2D eigenvalue weighted by Crippen LogP contribution is -2.51. The van der Waals surface area contributed by atoms with Crippen LogP contribution in [0.25, 0.3) is 0 Å². The molecular weight excluding hydrogens is 334 g/mol. The molecule has 2 aliphatic rings. The molecule has 1 saturated heterocycles. The Morgan fingerprint density at radius 2 is 1.88 bits per heavy atom. The number of quaternary nitrogens is 1. The first-order valence-electron chi connectivity index (χ1n) is 9.36. The first kappa shape index (κ1) is 18.9. The predicted octanol–water partition coefficient (Wildman–Crippen LogP) is 0.576. The molecule has 1 aromatic rings. The lowest BCUT2D eigenvalue weighted by molar-refractivity contribution is -0.893. The standard InChI is InChI=1S/C20H27NO5/c1-21(14-18(22)23)12-11-17(13-21)26-19(24)20(25,16-9-5-6-10-16)15-7-3-2-4-8-15/h2-4,7-8,16-17,25H,5-6,9-14H2,1H3/t17-,20?,21-/m0/s1. The maximum absolute atomic E-state index is 13.0. The van der Waals surface area contributed by atoms with E-state index in [-0.39, 0.29) is 23.0 Å². The molecule has 142 valence electrons. The van der Waals surface area contributed by atoms with Gasteiger partial charge in [-0.3, -0.25) is 0 Å². The van der Waals surface area contributed by atoms with Crippen LogP contribution >= 0.6 is 0 Å². The van der Waals surface area contributed by atoms with Crippen molar-refractivity contribution in [1.29, 1.82) is 0 Å². The van der Waals surface area contributed by atoms with Gasteiger partial charge >= 0.3 is 5.97 Å². The second-order valence-corrected chi connectivity index (χ2v) is 7.99. The maximum Gasteiger partial charge on any atom is 0.343 e. The maximum atomic E-state index is 13.0. The summed E-state index contributed by atoms with van der Waals surface area (Å²) in [6.07, 6.45) is 3.79. The van der Waals surface area contributed by atoms with Crippen molar-refractivity contribution < 1.29 is 29.0 Å². The summed E-state index contributed by atoms with van der Waals surface area (Å²) < 4.78 is 5.99. The molecule has 3 atom stereocenters. The third-order valence-electron chi connectivity index (χ3n) is 5.89. The van der Waals surface area contributed by atoms with E-state index in [0.29, 0.717) is 25.1 Å². The molecule has 1 heterocycles. The molecule has 1 N–H and O–H groups in total. The molecule has 2 fully saturated rings. The summed E-state index contributed by atoms with van der Waals surface area (Å²) in [6, 6.07) is 9.01. The molecule has 1 aliphatic heterocycles. The van der Waals surface area contributed by atoms with E-state index in [1.54, 1.807) is 12.1 Å². The smallest absolute Gasteiger partial charge is 0.343 e. The van der Waals surface area contributed by atoms with Crippen LogP contribution in [0.4, 0.5) is 0 Å². The second kappa shape index (κ2) is 7.37. The number of aliphatic hydroxyl groups is 1. The molecule has 0 spiro atoms. The number of hydrogen-bond acceptors (Lipinski definition) is 5. The Morgan fingerprint density at radius 3 is 2.50 bits per heavy atom. The molecular formula is C20H27NO5. The number of carbonyl (C=O) groups is 2. The molecule has 1 unspecified atom stereocenters. The molecule has 0 bridgehead atoms. The van der Waals surface area contributed by atoms with Crippen molar-refractivity contribution in [3.63, 3.8) is 0 Å². The molecule has 1 saturated carbocycles. The van der Waals surface area contributed by atoms with E-state index in [2.05, 4.69) is 0 Å². The summed E-state index contributed by atoms with van der Waals surface area (Å²) in [6.45, 7) is 0.938. The van der Waals surface area contributed by atoms with E-state index in [1.165, 1.54) is 0 Å². The highest BCUT2D eigenvalue weighted by Gasteiger charge is 2.49. The number of carboxylic acid groups (broad SMARTS) is 1. The first-order valence-corrected chi connectivity index (χ1v) is 9.36. The van der Waals surface area contributed by atoms with E-state index in [4.69, 9.17) is 4.74 Å². The van der Waals surface area contributed by atoms with Gasteiger partial charge < -0.3 is 24.2 Å². The van der Waals surface area contributed by atoms with Gasteiger partial charge in [0.15, 0.2) is 11.7 Å². The first-order chi connectivity index (χ1) is 12.3. The fourth-order valence-corrected chi connectivity index (χ4v) is 4.48. The Bertz CT molecular complexity index is 657. The number of benzene rings is 1. The van der Waals surface area contributed by atoms with Gasteiger partial charge in [0.1, 0.15) is 13.1 Å². The number of likely N-dealkylation sites (N-methyl/N-ethyl adjacent to an activating group) is 1. The van der Waals surface area contributed by atoms with Crippen molar-refractivity contribution in [2.45, 2.75) is 43.8 Å². The van der Waals surface area contributed by atoms with Gasteiger partial charge in [-0.2, -0.15) is 0 Å². The summed E-state index contributed by atoms with van der Waals surface area (Å²) in [5.41, 5.74) is -1.07. The van der Waals surface area contributed by atoms with Crippen molar-refractivity contribution in [2.75, 3.05) is 26.7 Å². The van der Waals surface area contributed by atoms with Gasteiger partial charge in [0.2, 0.25) is 0 Å². The van der Waals surface area contributed by atoms with Crippen LogP contribution < -0.4 is 5.11 Å². The molecule has 1 aromatic carbocycles. The summed E-state index contributed by atoms with van der Waals surface area (Å²) >= 11 is 0. The lowest BCUT2D eigenvalue weighted by Gasteiger charge is -2.33. The molecule has 6 heteroatoms. The number of nitrogens with zero attached hydrogens (tertiary/aromatic N) is 1. The quantitative estimate of drug-likeness (QED) is 0.592. The minimum absolute atomic E-state index is 0.0976. The number of carboxylic acids is 1. The molecule has 0 radical (unpaired) electrons. The predicted molar refractivity (Wildman–Crippen MR) is 92.6 cm³/mol. The molecule has 0 amide bonds. The van der Waals surface area contributed by atoms with E-state index in [9.17, 15) is 19.8 Å². The van der Waals surface area contributed by atoms with Gasteiger partial charge in [-0.15, -0.1) is 0 Å². The van der Waals surface area contributed by atoms with Crippen LogP contribution in [0.5, 0.6) is 0 Å². The summed E-state index contributed by atoms with van der Waals surface area (Å²) in [5.74, 6) is -1.86. The molecule has 6 nitrogen and oxygen atoms in total. The van der Waals surface area contributed by atoms with Gasteiger partial charge in [-0.05, 0) is 18.4 Å². The summed E-state index contributed by atoms with van der Waals surface area (Å²) in [4.78, 5) is 24.0. The highest BCUT2D eigenvalue weighted by molar-refractivity contribution is 5.81. The lowest BCUT2D eigenvalue weighted by atomic mass is 9.80. The van der Waals surface area contributed by atoms with Crippen molar-refractivity contribution in [1.82, 2.24) is 0 Å². The van der Waals surface area contributed by atoms with Crippen molar-refractivity contribution in [3.8, 4) is 0 Å². The normalized spacial score (nSPS) is 28.6. The third kappa shape index (κ3) is 3.76. The van der Waals surface area contributed by atoms with Crippen LogP contribution in [0, 0.1) is 5.92 Å². The van der Waals surface area contributed by atoms with Gasteiger partial charge in [-0.1, -0.05) is 43.2 Å². The van der Waals surface area contributed by atoms with Crippen LogP contribution in [0.1, 0.15) is 37.7 Å². The highest BCUT2D eigenvalue weighted by atomic mass is 16.6. The van der Waals surface area contributed by atoms with Crippen LogP contribution in [-0.2, 0) is 19.9 Å². The third-order valence-corrected chi connectivity index (χ3v) is 5.89. The zero-order chi connectivity index (χ0) is 18.8. The average molecular weight is 361 g/mol. The highest BCUT2D eigenvalue weighted by Crippen LogP contribution is 2.42. The Balaban J connectivity index is 1.76. The number of aliphatic carboxylic acids is 1. The van der Waals surface area contributed by atoms with Crippen LogP contribution in [-0.4, -0.2) is 54.3 Å². The topological polar surface area (TPSA) is 86.7 Å². The van der Waals surface area contributed by atoms with Gasteiger partial charge in [0.25, 0.3) is 0 Å². The van der Waals surface area contributed by atoms with E-state index in [1.807, 2.05) is 25.2 Å². The Hall–Kier alpha value is -1.92. The zero-order valence-corrected chi connectivity index (χ0v) is 15.2. The number of ether oxygens (including phenoxy) is 1. The number of likely N-dealkylation sites (tertiary alicyclic amines) is 1. The van der Waals surface area contributed by atoms with Crippen LogP contribution in [0.3, 0.4) is 0 Å². The van der Waals surface area contributed by atoms with Crippen LogP contribution in [0.2, 0.25) is 0 Å². The Kier molecular flexibility index (Phi) is 5.34. The molecule has 26 heavy (non-hydrogen) atoms. The Labute approximate surface area is 154 Å². The Morgan fingerprint density at radius 1 is 1.23 bits per heavy atom. The molecule has 3 rings (SSSR count). The summed E-state index contributed by atoms with van der Waals surface area (Å²) in [5, 5.41) is 22.3. The summed E-state index contributed by atoms with van der Waals surface area (Å²) in [7, 11) is 1.82. The zero-order valence-electron chi connectivity index (χ0n) is 15.2. The monoisotopic (exact) mass is 361 g/mol. The van der Waals surface area contributed by atoms with Crippen LogP contribution in [0.15, 0.2) is 30.3 Å². The van der Waals surface area contributed by atoms with Crippen molar-refractivity contribution in [3.05, 3.63) is 35.9 Å². The van der Waals surface area contributed by atoms with E-state index in [0.717, 1.165) is 25.7 Å². The number of rotatable bonds is 6. The molecule has 0 aromatic heterocycles.